The third-order valence-electron chi connectivity index (χ3n) is 6.21. The fraction of sp³-hybridized carbons (Fsp3) is 0.296. The zero-order chi connectivity index (χ0) is 22.6. The molecule has 1 N–H and O–H groups in total. The summed E-state index contributed by atoms with van der Waals surface area (Å²) in [6, 6.07) is 22.8. The molecule has 4 rings (SSSR count). The standard InChI is InChI=1S/C27H28ClNO3/c1-3-27(4-2)17-23(21-12-8-9-13-25(21)32-27)29-26(30)22-16-20(28)14-15-24(22)31-18-19-10-6-5-7-11-19/h5-16,23H,3-4,17-18H2,1-2H3,(H,29,30). The predicted molar refractivity (Wildman–Crippen MR) is 127 cm³/mol. The van der Waals surface area contributed by atoms with E-state index in [1.165, 1.54) is 0 Å². The average molecular weight is 450 g/mol. The van der Waals surface area contributed by atoms with E-state index in [2.05, 4.69) is 19.2 Å². The van der Waals surface area contributed by atoms with Gasteiger partial charge in [0.25, 0.3) is 5.91 Å². The molecule has 1 aliphatic heterocycles. The van der Waals surface area contributed by atoms with Gasteiger partial charge in [-0.15, -0.1) is 0 Å². The lowest BCUT2D eigenvalue weighted by molar-refractivity contribution is 0.0227. The van der Waals surface area contributed by atoms with Crippen LogP contribution >= 0.6 is 11.6 Å². The molecule has 4 nitrogen and oxygen atoms in total. The molecule has 3 aromatic rings. The van der Waals surface area contributed by atoms with E-state index in [-0.39, 0.29) is 17.6 Å². The molecule has 0 bridgehead atoms. The summed E-state index contributed by atoms with van der Waals surface area (Å²) in [5, 5.41) is 3.71. The number of carbonyl (C=O) groups excluding carboxylic acids is 1. The van der Waals surface area contributed by atoms with Crippen LogP contribution in [0.4, 0.5) is 0 Å². The lowest BCUT2D eigenvalue weighted by Crippen LogP contribution is -2.44. The predicted octanol–water partition coefficient (Wildman–Crippen LogP) is 6.73. The molecule has 1 atom stereocenters. The minimum absolute atomic E-state index is 0.159. The van der Waals surface area contributed by atoms with E-state index in [9.17, 15) is 4.79 Å². The van der Waals surface area contributed by atoms with Gasteiger partial charge >= 0.3 is 0 Å². The van der Waals surface area contributed by atoms with Crippen molar-refractivity contribution in [3.05, 3.63) is 94.5 Å². The molecular weight excluding hydrogens is 422 g/mol. The number of hydrogen-bond acceptors (Lipinski definition) is 3. The van der Waals surface area contributed by atoms with Gasteiger partial charge in [-0.1, -0.05) is 74.0 Å². The van der Waals surface area contributed by atoms with Gasteiger partial charge in [-0.3, -0.25) is 4.79 Å². The number of ether oxygens (including phenoxy) is 2. The maximum absolute atomic E-state index is 13.4. The highest BCUT2D eigenvalue weighted by molar-refractivity contribution is 6.31. The number of hydrogen-bond donors (Lipinski definition) is 1. The average Bonchev–Trinajstić information content (AvgIpc) is 2.83. The molecule has 3 aromatic carbocycles. The molecule has 0 saturated carbocycles. The highest BCUT2D eigenvalue weighted by Crippen LogP contribution is 2.42. The number of fused-ring (bicyclic) bond motifs is 1. The molecule has 0 spiro atoms. The Bertz CT molecular complexity index is 1080. The minimum Gasteiger partial charge on any atom is -0.488 e. The van der Waals surface area contributed by atoms with Crippen molar-refractivity contribution in [2.75, 3.05) is 0 Å². The summed E-state index contributed by atoms with van der Waals surface area (Å²) in [5.41, 5.74) is 2.15. The van der Waals surface area contributed by atoms with Crippen LogP contribution < -0.4 is 14.8 Å². The van der Waals surface area contributed by atoms with E-state index >= 15 is 0 Å². The topological polar surface area (TPSA) is 47.6 Å². The lowest BCUT2D eigenvalue weighted by atomic mass is 9.83. The molecule has 0 fully saturated rings. The number of halogens is 1. The second-order valence-electron chi connectivity index (χ2n) is 8.17. The van der Waals surface area contributed by atoms with Gasteiger partial charge in [0.1, 0.15) is 23.7 Å². The van der Waals surface area contributed by atoms with Crippen molar-refractivity contribution in [1.82, 2.24) is 5.32 Å². The number of amides is 1. The first-order valence-corrected chi connectivity index (χ1v) is 11.5. The third kappa shape index (κ3) is 4.76. The third-order valence-corrected chi connectivity index (χ3v) is 6.45. The molecule has 0 saturated heterocycles. The number of para-hydroxylation sites is 1. The van der Waals surface area contributed by atoms with Crippen molar-refractivity contribution in [2.24, 2.45) is 0 Å². The Morgan fingerprint density at radius 3 is 2.53 bits per heavy atom. The summed E-state index contributed by atoms with van der Waals surface area (Å²) < 4.78 is 12.4. The molecule has 5 heteroatoms. The fourth-order valence-corrected chi connectivity index (χ4v) is 4.38. The second kappa shape index (κ2) is 9.66. The highest BCUT2D eigenvalue weighted by Gasteiger charge is 2.39. The van der Waals surface area contributed by atoms with Crippen molar-refractivity contribution in [2.45, 2.75) is 51.4 Å². The molecule has 32 heavy (non-hydrogen) atoms. The van der Waals surface area contributed by atoms with Gasteiger partial charge in [-0.2, -0.15) is 0 Å². The van der Waals surface area contributed by atoms with Gasteiger partial charge in [0.2, 0.25) is 0 Å². The van der Waals surface area contributed by atoms with Crippen molar-refractivity contribution >= 4 is 17.5 Å². The zero-order valence-electron chi connectivity index (χ0n) is 18.4. The van der Waals surface area contributed by atoms with E-state index in [0.717, 1.165) is 29.7 Å². The summed E-state index contributed by atoms with van der Waals surface area (Å²) in [4.78, 5) is 13.4. The Morgan fingerprint density at radius 1 is 1.06 bits per heavy atom. The first-order chi connectivity index (χ1) is 15.5. The van der Waals surface area contributed by atoms with Crippen LogP contribution in [0.5, 0.6) is 11.5 Å². The minimum atomic E-state index is -0.298. The van der Waals surface area contributed by atoms with Crippen LogP contribution in [-0.2, 0) is 6.61 Å². The van der Waals surface area contributed by atoms with Gasteiger partial charge in [0, 0.05) is 17.0 Å². The molecular formula is C27H28ClNO3. The van der Waals surface area contributed by atoms with E-state index in [0.29, 0.717) is 29.4 Å². The molecule has 166 valence electrons. The van der Waals surface area contributed by atoms with E-state index < -0.39 is 0 Å². The quantitative estimate of drug-likeness (QED) is 0.435. The molecule has 1 heterocycles. The smallest absolute Gasteiger partial charge is 0.255 e. The molecule has 1 aliphatic rings. The number of nitrogens with one attached hydrogen (secondary N) is 1. The van der Waals surface area contributed by atoms with Crippen LogP contribution in [0.2, 0.25) is 5.02 Å². The Hall–Kier alpha value is -2.98. The summed E-state index contributed by atoms with van der Waals surface area (Å²) in [5.74, 6) is 1.13. The molecule has 0 radical (unpaired) electrons. The van der Waals surface area contributed by atoms with E-state index in [4.69, 9.17) is 21.1 Å². The second-order valence-corrected chi connectivity index (χ2v) is 8.61. The van der Waals surface area contributed by atoms with Gasteiger partial charge in [-0.25, -0.2) is 0 Å². The van der Waals surface area contributed by atoms with Gasteiger partial charge in [-0.05, 0) is 42.7 Å². The first-order valence-electron chi connectivity index (χ1n) is 11.1. The molecule has 0 aliphatic carbocycles. The largest absolute Gasteiger partial charge is 0.488 e. The number of benzene rings is 3. The Balaban J connectivity index is 1.59. The summed E-state index contributed by atoms with van der Waals surface area (Å²) in [6.07, 6.45) is 2.45. The van der Waals surface area contributed by atoms with Crippen LogP contribution in [0, 0.1) is 0 Å². The lowest BCUT2D eigenvalue weighted by Gasteiger charge is -2.41. The monoisotopic (exact) mass is 449 g/mol. The molecule has 1 unspecified atom stereocenters. The van der Waals surface area contributed by atoms with Crippen molar-refractivity contribution < 1.29 is 14.3 Å². The first kappa shape index (κ1) is 22.2. The molecule has 0 aromatic heterocycles. The normalized spacial score (nSPS) is 16.5. The Kier molecular flexibility index (Phi) is 6.71. The van der Waals surface area contributed by atoms with Gasteiger partial charge in [0.15, 0.2) is 0 Å². The van der Waals surface area contributed by atoms with Gasteiger partial charge in [0.05, 0.1) is 11.6 Å². The maximum atomic E-state index is 13.4. The van der Waals surface area contributed by atoms with Crippen LogP contribution in [0.1, 0.15) is 60.6 Å². The SMILES string of the molecule is CCC1(CC)CC(NC(=O)c2cc(Cl)ccc2OCc2ccccc2)c2ccccc2O1. The van der Waals surface area contributed by atoms with Crippen molar-refractivity contribution in [3.63, 3.8) is 0 Å². The zero-order valence-corrected chi connectivity index (χ0v) is 19.2. The molecule has 1 amide bonds. The van der Waals surface area contributed by atoms with Crippen LogP contribution in [0.25, 0.3) is 0 Å². The maximum Gasteiger partial charge on any atom is 0.255 e. The van der Waals surface area contributed by atoms with Gasteiger partial charge < -0.3 is 14.8 Å². The highest BCUT2D eigenvalue weighted by atomic mass is 35.5. The summed E-state index contributed by atoms with van der Waals surface area (Å²) >= 11 is 6.24. The number of rotatable bonds is 7. The van der Waals surface area contributed by atoms with Crippen LogP contribution in [-0.4, -0.2) is 11.5 Å². The summed E-state index contributed by atoms with van der Waals surface area (Å²) in [7, 11) is 0. The summed E-state index contributed by atoms with van der Waals surface area (Å²) in [6.45, 7) is 4.63. The fourth-order valence-electron chi connectivity index (χ4n) is 4.21. The van der Waals surface area contributed by atoms with Crippen molar-refractivity contribution in [3.8, 4) is 11.5 Å². The van der Waals surface area contributed by atoms with Crippen molar-refractivity contribution in [1.29, 1.82) is 0 Å². The van der Waals surface area contributed by atoms with E-state index in [1.54, 1.807) is 18.2 Å². The van der Waals surface area contributed by atoms with Crippen LogP contribution in [0.3, 0.4) is 0 Å². The van der Waals surface area contributed by atoms with E-state index in [1.807, 2.05) is 54.6 Å². The number of carbonyl (C=O) groups is 1. The Morgan fingerprint density at radius 2 is 1.78 bits per heavy atom. The van der Waals surface area contributed by atoms with Crippen LogP contribution in [0.15, 0.2) is 72.8 Å². The Labute approximate surface area is 194 Å².